The maximum atomic E-state index is 13.3. The first-order chi connectivity index (χ1) is 19.1. The average molecular weight is 532 g/mol. The lowest BCUT2D eigenvalue weighted by Gasteiger charge is -2.31. The Morgan fingerprint density at radius 2 is 2.08 bits per heavy atom. The number of benzene rings is 2. The predicted molar refractivity (Wildman–Crippen MR) is 139 cm³/mol. The molecule has 200 valence electrons. The van der Waals surface area contributed by atoms with Gasteiger partial charge in [0.15, 0.2) is 5.69 Å². The Kier molecular flexibility index (Phi) is 6.69. The summed E-state index contributed by atoms with van der Waals surface area (Å²) in [5.74, 6) is -0.752. The van der Waals surface area contributed by atoms with Gasteiger partial charge in [-0.3, -0.25) is 10.2 Å². The second-order valence-electron chi connectivity index (χ2n) is 9.36. The molecule has 0 spiro atoms. The van der Waals surface area contributed by atoms with Crippen molar-refractivity contribution in [3.8, 4) is 5.82 Å². The van der Waals surface area contributed by atoms with E-state index in [-0.39, 0.29) is 35.1 Å². The number of fused-ring (bicyclic) bond motifs is 1. The first kappa shape index (κ1) is 24.6. The molecule has 1 fully saturated rings. The number of hydrazine groups is 1. The van der Waals surface area contributed by atoms with Crippen molar-refractivity contribution in [2.45, 2.75) is 25.4 Å². The summed E-state index contributed by atoms with van der Waals surface area (Å²) in [4.78, 5) is 15.4. The zero-order valence-electron chi connectivity index (χ0n) is 20.8. The molecule has 14 heteroatoms. The first-order valence-corrected chi connectivity index (χ1v) is 12.5. The summed E-state index contributed by atoms with van der Waals surface area (Å²) in [6, 6.07) is 14.3. The van der Waals surface area contributed by atoms with Gasteiger partial charge < -0.3 is 10.6 Å². The van der Waals surface area contributed by atoms with Crippen molar-refractivity contribution in [2.75, 3.05) is 23.7 Å². The molecule has 2 atom stereocenters. The number of carbonyl (C=O) groups excluding carboxylic acids is 1. The Morgan fingerprint density at radius 1 is 1.23 bits per heavy atom. The van der Waals surface area contributed by atoms with E-state index in [1.807, 2.05) is 12.1 Å². The number of nitrogen functional groups attached to an aromatic ring is 1. The molecule has 2 aliphatic heterocycles. The summed E-state index contributed by atoms with van der Waals surface area (Å²) in [6.07, 6.45) is 3.59. The topological polar surface area (TPSA) is 164 Å². The lowest BCUT2D eigenvalue weighted by Crippen LogP contribution is -2.31. The van der Waals surface area contributed by atoms with Crippen LogP contribution in [0.2, 0.25) is 0 Å². The molecule has 2 unspecified atom stereocenters. The molecule has 0 bridgehead atoms. The molecule has 6 rings (SSSR count). The minimum atomic E-state index is -0.537. The number of aryl methyl sites for hydroxylation is 1. The third kappa shape index (κ3) is 4.94. The fourth-order valence-electron chi connectivity index (χ4n) is 4.98. The van der Waals surface area contributed by atoms with Gasteiger partial charge in [-0.05, 0) is 52.5 Å². The molecule has 5 N–H and O–H groups in total. The Morgan fingerprint density at radius 3 is 2.90 bits per heavy atom. The molecule has 0 saturated carbocycles. The van der Waals surface area contributed by atoms with Gasteiger partial charge in [0.05, 0.1) is 18.3 Å². The number of nitrogens with two attached hydrogens (primary N) is 1. The third-order valence-electron chi connectivity index (χ3n) is 6.91. The summed E-state index contributed by atoms with van der Waals surface area (Å²) in [5, 5.41) is 19.9. The minimum absolute atomic E-state index is 0.0261. The molecule has 4 aromatic rings. The minimum Gasteiger partial charge on any atom is -0.378 e. The Hall–Kier alpha value is -4.69. The summed E-state index contributed by atoms with van der Waals surface area (Å²) >= 11 is 0. The summed E-state index contributed by atoms with van der Waals surface area (Å²) < 4.78 is 19.5. The second kappa shape index (κ2) is 10.6. The maximum absolute atomic E-state index is 13.3. The monoisotopic (exact) mass is 531 g/mol. The number of amides is 1. The molecule has 1 saturated heterocycles. The molecular weight excluding hydrogens is 505 g/mol. The average Bonchev–Trinajstić information content (AvgIpc) is 3.69. The van der Waals surface area contributed by atoms with E-state index in [9.17, 15) is 9.18 Å². The van der Waals surface area contributed by atoms with E-state index in [2.05, 4.69) is 59.0 Å². The number of hydrogen-bond acceptors (Lipinski definition) is 11. The van der Waals surface area contributed by atoms with Crippen LogP contribution in [0.1, 0.15) is 39.8 Å². The van der Waals surface area contributed by atoms with Crippen LogP contribution in [0.25, 0.3) is 5.82 Å². The number of para-hydroxylation sites is 1. The van der Waals surface area contributed by atoms with E-state index in [4.69, 9.17) is 10.4 Å². The number of halogens is 1. The molecule has 39 heavy (non-hydrogen) atoms. The Bertz CT molecular complexity index is 1500. The molecule has 1 amide bonds. The van der Waals surface area contributed by atoms with Gasteiger partial charge in [-0.1, -0.05) is 35.5 Å². The summed E-state index contributed by atoms with van der Waals surface area (Å²) in [7, 11) is 0. The van der Waals surface area contributed by atoms with Crippen molar-refractivity contribution in [1.29, 1.82) is 0 Å². The molecule has 2 aliphatic rings. The Balaban J connectivity index is 1.24. The van der Waals surface area contributed by atoms with E-state index in [0.29, 0.717) is 18.8 Å². The molecular formula is C25H26FN11O2. The molecule has 2 aromatic carbocycles. The summed E-state index contributed by atoms with van der Waals surface area (Å²) in [5.41, 5.74) is 18.5. The number of nitrogens with one attached hydrogen (secondary N) is 3. The van der Waals surface area contributed by atoms with Gasteiger partial charge in [-0.2, -0.15) is 9.78 Å². The smallest absolute Gasteiger partial charge is 0.293 e. The van der Waals surface area contributed by atoms with Crippen LogP contribution in [-0.2, 0) is 13.0 Å². The predicted octanol–water partition coefficient (Wildman–Crippen LogP) is 1.51. The van der Waals surface area contributed by atoms with Gasteiger partial charge in [-0.15, -0.1) is 5.10 Å². The fraction of sp³-hybridized carbons (Fsp3) is 0.280. The van der Waals surface area contributed by atoms with Crippen LogP contribution in [0, 0.1) is 11.7 Å². The van der Waals surface area contributed by atoms with Crippen molar-refractivity contribution < 1.29 is 13.8 Å². The molecule has 2 aromatic heterocycles. The number of aromatic nitrogens is 5. The van der Waals surface area contributed by atoms with E-state index in [1.165, 1.54) is 22.4 Å². The Labute approximate surface area is 222 Å². The van der Waals surface area contributed by atoms with Crippen LogP contribution in [0.4, 0.5) is 15.9 Å². The molecule has 0 aliphatic carbocycles. The molecule has 4 heterocycles. The van der Waals surface area contributed by atoms with Gasteiger partial charge in [0.1, 0.15) is 5.82 Å². The van der Waals surface area contributed by atoms with Crippen LogP contribution in [0.3, 0.4) is 0 Å². The van der Waals surface area contributed by atoms with Crippen LogP contribution in [0.5, 0.6) is 0 Å². The third-order valence-corrected chi connectivity index (χ3v) is 6.91. The van der Waals surface area contributed by atoms with Gasteiger partial charge in [0, 0.05) is 30.9 Å². The number of nitrogens with zero attached hydrogens (tertiary/aromatic N) is 7. The van der Waals surface area contributed by atoms with Crippen molar-refractivity contribution in [3.63, 3.8) is 0 Å². The fourth-order valence-corrected chi connectivity index (χ4v) is 4.98. The zero-order valence-corrected chi connectivity index (χ0v) is 20.8. The summed E-state index contributed by atoms with van der Waals surface area (Å²) in [6.45, 7) is 1.70. The molecule has 0 radical (unpaired) electrons. The van der Waals surface area contributed by atoms with E-state index >= 15 is 0 Å². The quantitative estimate of drug-likeness (QED) is 0.203. The van der Waals surface area contributed by atoms with Gasteiger partial charge in [0.25, 0.3) is 5.91 Å². The van der Waals surface area contributed by atoms with Gasteiger partial charge in [-0.25, -0.2) is 19.9 Å². The second-order valence-corrected chi connectivity index (χ2v) is 9.36. The lowest BCUT2D eigenvalue weighted by molar-refractivity contribution is 0.0949. The van der Waals surface area contributed by atoms with Crippen LogP contribution < -0.4 is 26.9 Å². The van der Waals surface area contributed by atoms with Crippen molar-refractivity contribution in [2.24, 2.45) is 11.0 Å². The number of hydrogen-bond donors (Lipinski definition) is 4. The van der Waals surface area contributed by atoms with Gasteiger partial charge >= 0.3 is 0 Å². The zero-order chi connectivity index (χ0) is 26.8. The molecule has 13 nitrogen and oxygen atoms in total. The van der Waals surface area contributed by atoms with Crippen molar-refractivity contribution >= 4 is 23.6 Å². The van der Waals surface area contributed by atoms with Crippen LogP contribution in [0.15, 0.2) is 58.3 Å². The van der Waals surface area contributed by atoms with Crippen LogP contribution in [-0.4, -0.2) is 50.5 Å². The van der Waals surface area contributed by atoms with Crippen molar-refractivity contribution in [3.05, 3.63) is 76.9 Å². The first-order valence-electron chi connectivity index (χ1n) is 12.5. The highest BCUT2D eigenvalue weighted by Gasteiger charge is 2.29. The van der Waals surface area contributed by atoms with E-state index < -0.39 is 5.91 Å². The number of anilines is 2. The number of carbonyl (C=O) groups is 1. The SMILES string of the molecule is Nc1nonc1-n1nnc(C(=O)N/N=C\C2CNNC2c2ccc(F)cc2)c1CN1CCCc2ccccc21. The normalized spacial score (nSPS) is 18.9. The number of rotatable bonds is 7. The maximum Gasteiger partial charge on any atom is 0.293 e. The highest BCUT2D eigenvalue weighted by atomic mass is 19.1. The van der Waals surface area contributed by atoms with E-state index in [1.54, 1.807) is 18.3 Å². The largest absolute Gasteiger partial charge is 0.378 e. The highest BCUT2D eigenvalue weighted by Crippen LogP contribution is 2.29. The highest BCUT2D eigenvalue weighted by molar-refractivity contribution is 5.93. The van der Waals surface area contributed by atoms with Crippen LogP contribution >= 0.6 is 0 Å². The van der Waals surface area contributed by atoms with Crippen molar-refractivity contribution in [1.82, 2.24) is 41.6 Å². The standard InChI is InChI=1S/C25H26FN11O2/c26-18-9-7-16(8-10-18)21-17(12-28-30-21)13-29-32-25(38)22-20(37(35-31-22)24-23(27)33-39-34-24)14-36-11-3-5-15-4-1-2-6-19(15)36/h1-2,4,6-10,13,17,21,28,30H,3,5,11-12,14H2,(H2,27,33)(H,32,38)/b29-13-. The number of hydrazone groups is 1. The van der Waals surface area contributed by atoms with E-state index in [0.717, 1.165) is 30.6 Å². The lowest BCUT2D eigenvalue weighted by atomic mass is 9.96. The van der Waals surface area contributed by atoms with Gasteiger partial charge in [0.2, 0.25) is 11.6 Å².